The van der Waals surface area contributed by atoms with Crippen molar-refractivity contribution in [2.24, 2.45) is 5.41 Å². The first-order valence-corrected chi connectivity index (χ1v) is 11.4. The molecule has 4 amide bonds. The second kappa shape index (κ2) is 9.10. The molecule has 0 unspecified atom stereocenters. The summed E-state index contributed by atoms with van der Waals surface area (Å²) in [6.45, 7) is 2.94. The monoisotopic (exact) mass is 465 g/mol. The highest BCUT2D eigenvalue weighted by Crippen LogP contribution is 2.41. The van der Waals surface area contributed by atoms with Crippen LogP contribution in [0.25, 0.3) is 0 Å². The minimum Gasteiger partial charge on any atom is -0.493 e. The van der Waals surface area contributed by atoms with Gasteiger partial charge in [-0.3, -0.25) is 24.3 Å². The molecule has 2 aromatic rings. The fraction of sp³-hybridized carbons (Fsp3) is 0.423. The number of carbonyl (C=O) groups is 3. The van der Waals surface area contributed by atoms with Gasteiger partial charge < -0.3 is 9.47 Å². The van der Waals surface area contributed by atoms with Crippen LogP contribution < -0.4 is 9.47 Å². The average Bonchev–Trinajstić information content (AvgIpc) is 2.86. The van der Waals surface area contributed by atoms with Crippen molar-refractivity contribution in [1.82, 2.24) is 14.7 Å². The second-order valence-corrected chi connectivity index (χ2v) is 9.06. The number of imide groups is 2. The summed E-state index contributed by atoms with van der Waals surface area (Å²) in [6, 6.07) is 12.8. The Balaban J connectivity index is 1.74. The van der Waals surface area contributed by atoms with Crippen LogP contribution in [0.2, 0.25) is 0 Å². The lowest BCUT2D eigenvalue weighted by Crippen LogP contribution is -2.67. The first-order valence-electron chi connectivity index (χ1n) is 11.4. The van der Waals surface area contributed by atoms with Gasteiger partial charge in [-0.15, -0.1) is 0 Å². The molecule has 2 aromatic carbocycles. The third kappa shape index (κ3) is 3.81. The average molecular weight is 466 g/mol. The van der Waals surface area contributed by atoms with Gasteiger partial charge in [-0.05, 0) is 48.6 Å². The van der Waals surface area contributed by atoms with E-state index in [1.165, 1.54) is 14.1 Å². The van der Waals surface area contributed by atoms with Crippen molar-refractivity contribution < 1.29 is 23.9 Å². The van der Waals surface area contributed by atoms with Crippen molar-refractivity contribution in [3.05, 3.63) is 59.2 Å². The van der Waals surface area contributed by atoms with E-state index in [4.69, 9.17) is 9.47 Å². The molecule has 4 rings (SSSR count). The van der Waals surface area contributed by atoms with Crippen LogP contribution in [0.5, 0.6) is 11.5 Å². The van der Waals surface area contributed by atoms with E-state index in [2.05, 4.69) is 11.8 Å². The Morgan fingerprint density at radius 3 is 2.12 bits per heavy atom. The standard InChI is InChI=1S/C26H31N3O5/c1-17-20-14-22(34-5)21(33-4)13-19(20)11-12-29(17)16-26(15-18-9-7-6-8-10-18)23(30)27(2)25(32)28(3)24(26)31/h6-10,13-14,17H,11-12,15-16H2,1-5H3/t17-/m1/s1. The van der Waals surface area contributed by atoms with Gasteiger partial charge >= 0.3 is 6.03 Å². The zero-order chi connectivity index (χ0) is 24.6. The summed E-state index contributed by atoms with van der Waals surface area (Å²) in [4.78, 5) is 44.1. The van der Waals surface area contributed by atoms with E-state index in [0.717, 1.165) is 32.9 Å². The van der Waals surface area contributed by atoms with Crippen molar-refractivity contribution in [1.29, 1.82) is 0 Å². The van der Waals surface area contributed by atoms with Crippen LogP contribution in [0.4, 0.5) is 4.79 Å². The Kier molecular flexibility index (Phi) is 6.36. The molecule has 34 heavy (non-hydrogen) atoms. The molecule has 1 atom stereocenters. The van der Waals surface area contributed by atoms with Crippen LogP contribution in [0.1, 0.15) is 29.7 Å². The Hall–Kier alpha value is -3.39. The van der Waals surface area contributed by atoms with E-state index in [1.54, 1.807) is 14.2 Å². The third-order valence-electron chi connectivity index (χ3n) is 7.14. The molecule has 8 nitrogen and oxygen atoms in total. The normalized spacial score (nSPS) is 20.4. The van der Waals surface area contributed by atoms with E-state index in [1.807, 2.05) is 42.5 Å². The SMILES string of the molecule is COc1cc2c(cc1OC)[C@@H](C)N(CC1(Cc3ccccc3)C(=O)N(C)C(=O)N(C)C1=O)CC2. The molecule has 0 aliphatic carbocycles. The Morgan fingerprint density at radius 1 is 0.941 bits per heavy atom. The molecule has 0 spiro atoms. The first kappa shape index (κ1) is 23.8. The molecule has 0 N–H and O–H groups in total. The van der Waals surface area contributed by atoms with Crippen molar-refractivity contribution in [3.63, 3.8) is 0 Å². The van der Waals surface area contributed by atoms with Gasteiger partial charge in [0.05, 0.1) is 14.2 Å². The summed E-state index contributed by atoms with van der Waals surface area (Å²) in [6.07, 6.45) is 0.962. The van der Waals surface area contributed by atoms with Crippen LogP contribution in [0.3, 0.4) is 0 Å². The first-order chi connectivity index (χ1) is 16.2. The third-order valence-corrected chi connectivity index (χ3v) is 7.14. The number of fused-ring (bicyclic) bond motifs is 1. The lowest BCUT2D eigenvalue weighted by molar-refractivity contribution is -0.159. The van der Waals surface area contributed by atoms with Gasteiger partial charge in [0.25, 0.3) is 0 Å². The summed E-state index contributed by atoms with van der Waals surface area (Å²) < 4.78 is 11.0. The van der Waals surface area contributed by atoms with Gasteiger partial charge in [0.2, 0.25) is 11.8 Å². The highest BCUT2D eigenvalue weighted by Gasteiger charge is 2.56. The fourth-order valence-corrected chi connectivity index (χ4v) is 5.18. The van der Waals surface area contributed by atoms with E-state index in [-0.39, 0.29) is 19.0 Å². The molecule has 0 radical (unpaired) electrons. The maximum Gasteiger partial charge on any atom is 0.332 e. The maximum atomic E-state index is 13.6. The molecule has 180 valence electrons. The maximum absolute atomic E-state index is 13.6. The number of hydrogen-bond acceptors (Lipinski definition) is 6. The predicted molar refractivity (Wildman–Crippen MR) is 127 cm³/mol. The summed E-state index contributed by atoms with van der Waals surface area (Å²) in [5, 5.41) is 0. The molecule has 1 saturated heterocycles. The fourth-order valence-electron chi connectivity index (χ4n) is 5.18. The van der Waals surface area contributed by atoms with E-state index in [9.17, 15) is 14.4 Å². The largest absolute Gasteiger partial charge is 0.493 e. The number of benzene rings is 2. The van der Waals surface area contributed by atoms with Gasteiger partial charge in [0, 0.05) is 33.2 Å². The zero-order valence-electron chi connectivity index (χ0n) is 20.3. The predicted octanol–water partition coefficient (Wildman–Crippen LogP) is 2.90. The van der Waals surface area contributed by atoms with E-state index >= 15 is 0 Å². The topological polar surface area (TPSA) is 79.4 Å². The minimum absolute atomic E-state index is 0.0648. The van der Waals surface area contributed by atoms with Gasteiger partial charge in [-0.25, -0.2) is 4.79 Å². The summed E-state index contributed by atoms with van der Waals surface area (Å²) in [7, 11) is 6.11. The quantitative estimate of drug-likeness (QED) is 0.611. The molecule has 0 saturated carbocycles. The van der Waals surface area contributed by atoms with Gasteiger partial charge in [0.1, 0.15) is 5.41 Å². The molecule has 2 aliphatic heterocycles. The van der Waals surface area contributed by atoms with Crippen LogP contribution in [-0.4, -0.2) is 73.9 Å². The smallest absolute Gasteiger partial charge is 0.332 e. The molecule has 0 bridgehead atoms. The van der Waals surface area contributed by atoms with Crippen LogP contribution >= 0.6 is 0 Å². The zero-order valence-corrected chi connectivity index (χ0v) is 20.3. The van der Waals surface area contributed by atoms with E-state index < -0.39 is 23.3 Å². The highest BCUT2D eigenvalue weighted by atomic mass is 16.5. The molecule has 2 aliphatic rings. The lowest BCUT2D eigenvalue weighted by Gasteiger charge is -2.46. The molecule has 0 aromatic heterocycles. The lowest BCUT2D eigenvalue weighted by atomic mass is 9.76. The van der Waals surface area contributed by atoms with Crippen molar-refractivity contribution >= 4 is 17.8 Å². The Bertz CT molecular complexity index is 1090. The number of methoxy groups -OCH3 is 2. The van der Waals surface area contributed by atoms with Gasteiger partial charge in [0.15, 0.2) is 11.5 Å². The van der Waals surface area contributed by atoms with Crippen LogP contribution in [0, 0.1) is 5.41 Å². The molecule has 8 heteroatoms. The molecular weight excluding hydrogens is 434 g/mol. The second-order valence-electron chi connectivity index (χ2n) is 9.06. The van der Waals surface area contributed by atoms with Crippen LogP contribution in [0.15, 0.2) is 42.5 Å². The summed E-state index contributed by atoms with van der Waals surface area (Å²) >= 11 is 0. The number of carbonyl (C=O) groups excluding carboxylic acids is 3. The van der Waals surface area contributed by atoms with Crippen molar-refractivity contribution in [2.45, 2.75) is 25.8 Å². The Labute approximate surface area is 200 Å². The van der Waals surface area contributed by atoms with Gasteiger partial charge in [-0.2, -0.15) is 0 Å². The number of barbiturate groups is 1. The number of rotatable bonds is 6. The Morgan fingerprint density at radius 2 is 1.53 bits per heavy atom. The number of nitrogens with zero attached hydrogens (tertiary/aromatic N) is 3. The molecule has 2 heterocycles. The number of urea groups is 1. The van der Waals surface area contributed by atoms with E-state index in [0.29, 0.717) is 18.0 Å². The highest BCUT2D eigenvalue weighted by molar-refractivity contribution is 6.19. The summed E-state index contributed by atoms with van der Waals surface area (Å²) in [5.41, 5.74) is 1.70. The number of amides is 4. The van der Waals surface area contributed by atoms with Crippen molar-refractivity contribution in [2.75, 3.05) is 41.4 Å². The minimum atomic E-state index is -1.40. The number of ether oxygens (including phenoxy) is 2. The molecule has 1 fully saturated rings. The van der Waals surface area contributed by atoms with Gasteiger partial charge in [-0.1, -0.05) is 30.3 Å². The summed E-state index contributed by atoms with van der Waals surface area (Å²) in [5.74, 6) is 0.398. The van der Waals surface area contributed by atoms with Crippen LogP contribution in [-0.2, 0) is 22.4 Å². The number of hydrogen-bond donors (Lipinski definition) is 0. The van der Waals surface area contributed by atoms with Crippen molar-refractivity contribution in [3.8, 4) is 11.5 Å². The molecular formula is C26H31N3O5.